The van der Waals surface area contributed by atoms with Crippen LogP contribution in [0.3, 0.4) is 0 Å². The van der Waals surface area contributed by atoms with E-state index in [2.05, 4.69) is 44.0 Å². The summed E-state index contributed by atoms with van der Waals surface area (Å²) in [7, 11) is 0. The Morgan fingerprint density at radius 1 is 1.20 bits per heavy atom. The standard InChI is InChI=1S/C20H24BrN3O/c21-17-9-5-4-8-15(17)12-24-11-10-18-16(13-24)20(25)23-19(22-18)14-6-2-1-3-7-14/h4-5,8-9,14H,1-3,6-7,10-13H2,(H,22,23,25). The van der Waals surface area contributed by atoms with Crippen molar-refractivity contribution in [1.82, 2.24) is 14.9 Å². The van der Waals surface area contributed by atoms with Gasteiger partial charge in [0.1, 0.15) is 5.82 Å². The lowest BCUT2D eigenvalue weighted by Crippen LogP contribution is -2.36. The molecular weight excluding hydrogens is 378 g/mol. The van der Waals surface area contributed by atoms with Crippen molar-refractivity contribution in [2.45, 2.75) is 57.5 Å². The molecule has 1 aliphatic heterocycles. The molecule has 1 N–H and O–H groups in total. The Labute approximate surface area is 156 Å². The average Bonchev–Trinajstić information content (AvgIpc) is 2.65. The lowest BCUT2D eigenvalue weighted by atomic mass is 9.88. The van der Waals surface area contributed by atoms with E-state index in [-0.39, 0.29) is 5.56 Å². The van der Waals surface area contributed by atoms with Crippen molar-refractivity contribution in [2.75, 3.05) is 6.54 Å². The Kier molecular flexibility index (Phi) is 5.04. The van der Waals surface area contributed by atoms with Gasteiger partial charge in [0.25, 0.3) is 5.56 Å². The van der Waals surface area contributed by atoms with E-state index in [1.807, 2.05) is 6.07 Å². The SMILES string of the molecule is O=c1[nH]c(C2CCCCC2)nc2c1CN(Cc1ccccc1Br)CC2. The van der Waals surface area contributed by atoms with Gasteiger partial charge in [-0.25, -0.2) is 4.98 Å². The van der Waals surface area contributed by atoms with Gasteiger partial charge < -0.3 is 4.98 Å². The molecule has 0 unspecified atom stereocenters. The first-order valence-electron chi connectivity index (χ1n) is 9.28. The van der Waals surface area contributed by atoms with Crippen LogP contribution in [0.25, 0.3) is 0 Å². The minimum absolute atomic E-state index is 0.0717. The highest BCUT2D eigenvalue weighted by atomic mass is 79.9. The number of rotatable bonds is 3. The number of H-pyrrole nitrogens is 1. The molecule has 0 radical (unpaired) electrons. The van der Waals surface area contributed by atoms with Gasteiger partial charge in [0.05, 0.1) is 11.3 Å². The molecule has 4 nitrogen and oxygen atoms in total. The summed E-state index contributed by atoms with van der Waals surface area (Å²) in [6.45, 7) is 2.49. The minimum atomic E-state index is 0.0717. The Hall–Kier alpha value is -1.46. The fourth-order valence-corrected chi connectivity index (χ4v) is 4.48. The summed E-state index contributed by atoms with van der Waals surface area (Å²) in [6, 6.07) is 8.29. The third kappa shape index (κ3) is 3.72. The van der Waals surface area contributed by atoms with Crippen molar-refractivity contribution < 1.29 is 0 Å². The predicted molar refractivity (Wildman–Crippen MR) is 103 cm³/mol. The first kappa shape index (κ1) is 17.0. The summed E-state index contributed by atoms with van der Waals surface area (Å²) in [5.41, 5.74) is 3.21. The van der Waals surface area contributed by atoms with E-state index in [1.165, 1.54) is 24.8 Å². The maximum Gasteiger partial charge on any atom is 0.255 e. The largest absolute Gasteiger partial charge is 0.310 e. The third-order valence-corrected chi connectivity index (χ3v) is 6.28. The Balaban J connectivity index is 1.53. The van der Waals surface area contributed by atoms with Crippen molar-refractivity contribution >= 4 is 15.9 Å². The van der Waals surface area contributed by atoms with Gasteiger partial charge in [-0.3, -0.25) is 9.69 Å². The zero-order chi connectivity index (χ0) is 17.2. The monoisotopic (exact) mass is 401 g/mol. The second kappa shape index (κ2) is 7.42. The maximum atomic E-state index is 12.7. The maximum absolute atomic E-state index is 12.7. The van der Waals surface area contributed by atoms with Crippen molar-refractivity contribution in [3.63, 3.8) is 0 Å². The Bertz CT molecular complexity index is 811. The van der Waals surface area contributed by atoms with E-state index in [9.17, 15) is 4.79 Å². The van der Waals surface area contributed by atoms with Crippen molar-refractivity contribution in [3.8, 4) is 0 Å². The van der Waals surface area contributed by atoms with E-state index in [4.69, 9.17) is 4.98 Å². The zero-order valence-electron chi connectivity index (χ0n) is 14.4. The number of aromatic nitrogens is 2. The van der Waals surface area contributed by atoms with Crippen molar-refractivity contribution in [2.24, 2.45) is 0 Å². The van der Waals surface area contributed by atoms with Crippen LogP contribution in [0.5, 0.6) is 0 Å². The van der Waals surface area contributed by atoms with Gasteiger partial charge in [0.2, 0.25) is 0 Å². The molecule has 0 spiro atoms. The fraction of sp³-hybridized carbons (Fsp3) is 0.500. The van der Waals surface area contributed by atoms with Crippen LogP contribution in [0.2, 0.25) is 0 Å². The molecule has 1 fully saturated rings. The summed E-state index contributed by atoms with van der Waals surface area (Å²) < 4.78 is 1.13. The van der Waals surface area contributed by atoms with Crippen LogP contribution in [0, 0.1) is 0 Å². The molecule has 1 aromatic carbocycles. The van der Waals surface area contributed by atoms with Gasteiger partial charge in [0.15, 0.2) is 0 Å². The number of nitrogens with one attached hydrogen (secondary N) is 1. The zero-order valence-corrected chi connectivity index (χ0v) is 16.0. The number of hydrogen-bond acceptors (Lipinski definition) is 3. The highest BCUT2D eigenvalue weighted by molar-refractivity contribution is 9.10. The topological polar surface area (TPSA) is 49.0 Å². The van der Waals surface area contributed by atoms with Crippen LogP contribution in [0.4, 0.5) is 0 Å². The van der Waals surface area contributed by atoms with Gasteiger partial charge >= 0.3 is 0 Å². The number of halogens is 1. The molecule has 0 amide bonds. The lowest BCUT2D eigenvalue weighted by molar-refractivity contribution is 0.240. The molecule has 0 atom stereocenters. The summed E-state index contributed by atoms with van der Waals surface area (Å²) in [4.78, 5) is 23.0. The molecular formula is C20H24BrN3O. The molecule has 1 saturated carbocycles. The smallest absolute Gasteiger partial charge is 0.255 e. The number of aromatic amines is 1. The number of nitrogens with zero attached hydrogens (tertiary/aromatic N) is 2. The van der Waals surface area contributed by atoms with E-state index >= 15 is 0 Å². The highest BCUT2D eigenvalue weighted by Crippen LogP contribution is 2.31. The average molecular weight is 402 g/mol. The molecule has 2 aromatic rings. The Morgan fingerprint density at radius 3 is 2.80 bits per heavy atom. The number of hydrogen-bond donors (Lipinski definition) is 1. The van der Waals surface area contributed by atoms with E-state index in [0.717, 1.165) is 53.9 Å². The van der Waals surface area contributed by atoms with Gasteiger partial charge in [-0.05, 0) is 24.5 Å². The third-order valence-electron chi connectivity index (χ3n) is 5.51. The molecule has 25 heavy (non-hydrogen) atoms. The van der Waals surface area contributed by atoms with Crippen molar-refractivity contribution in [3.05, 3.63) is 61.7 Å². The van der Waals surface area contributed by atoms with Crippen molar-refractivity contribution in [1.29, 1.82) is 0 Å². The molecule has 5 heteroatoms. The molecule has 2 heterocycles. The second-order valence-corrected chi connectivity index (χ2v) is 8.12. The molecule has 2 aliphatic rings. The second-order valence-electron chi connectivity index (χ2n) is 7.26. The summed E-state index contributed by atoms with van der Waals surface area (Å²) in [5.74, 6) is 1.38. The first-order valence-corrected chi connectivity index (χ1v) is 10.1. The summed E-state index contributed by atoms with van der Waals surface area (Å²) in [6.07, 6.45) is 7.02. The lowest BCUT2D eigenvalue weighted by Gasteiger charge is -2.29. The van der Waals surface area contributed by atoms with Gasteiger partial charge in [-0.1, -0.05) is 53.4 Å². The molecule has 132 valence electrons. The van der Waals surface area contributed by atoms with Crippen LogP contribution in [0.1, 0.15) is 60.7 Å². The van der Waals surface area contributed by atoms with Crippen LogP contribution in [-0.2, 0) is 19.5 Å². The minimum Gasteiger partial charge on any atom is -0.310 e. The van der Waals surface area contributed by atoms with E-state index < -0.39 is 0 Å². The predicted octanol–water partition coefficient (Wildman–Crippen LogP) is 4.14. The van der Waals surface area contributed by atoms with Gasteiger partial charge in [-0.2, -0.15) is 0 Å². The molecule has 0 bridgehead atoms. The van der Waals surface area contributed by atoms with Gasteiger partial charge in [-0.15, -0.1) is 0 Å². The van der Waals surface area contributed by atoms with Crippen LogP contribution in [-0.4, -0.2) is 21.4 Å². The molecule has 0 saturated heterocycles. The van der Waals surface area contributed by atoms with E-state index in [0.29, 0.717) is 12.5 Å². The quantitative estimate of drug-likeness (QED) is 0.840. The summed E-state index contributed by atoms with van der Waals surface area (Å²) in [5, 5.41) is 0. The molecule has 1 aliphatic carbocycles. The van der Waals surface area contributed by atoms with Crippen LogP contribution < -0.4 is 5.56 Å². The first-order chi connectivity index (χ1) is 12.2. The Morgan fingerprint density at radius 2 is 2.00 bits per heavy atom. The molecule has 4 rings (SSSR count). The highest BCUT2D eigenvalue weighted by Gasteiger charge is 2.24. The fourth-order valence-electron chi connectivity index (χ4n) is 4.07. The van der Waals surface area contributed by atoms with Crippen LogP contribution >= 0.6 is 15.9 Å². The molecule has 1 aromatic heterocycles. The normalized spacial score (nSPS) is 18.9. The summed E-state index contributed by atoms with van der Waals surface area (Å²) >= 11 is 3.62. The van der Waals surface area contributed by atoms with Gasteiger partial charge in [0, 0.05) is 36.4 Å². The number of fused-ring (bicyclic) bond motifs is 1. The number of benzene rings is 1. The van der Waals surface area contributed by atoms with E-state index in [1.54, 1.807) is 0 Å². The van der Waals surface area contributed by atoms with Crippen LogP contribution in [0.15, 0.2) is 33.5 Å².